The minimum absolute atomic E-state index is 0.167. The zero-order valence-electron chi connectivity index (χ0n) is 11.3. The predicted octanol–water partition coefficient (Wildman–Crippen LogP) is 0.00250. The third-order valence-electron chi connectivity index (χ3n) is 3.68. The van der Waals surface area contributed by atoms with Gasteiger partial charge in [0.2, 0.25) is 5.91 Å². The van der Waals surface area contributed by atoms with Gasteiger partial charge < -0.3 is 21.1 Å². The molecule has 1 heterocycles. The van der Waals surface area contributed by atoms with E-state index in [1.807, 2.05) is 0 Å². The summed E-state index contributed by atoms with van der Waals surface area (Å²) in [6, 6.07) is -0.734. The molecular formula is C12H21N3O4. The van der Waals surface area contributed by atoms with E-state index in [-0.39, 0.29) is 17.9 Å². The number of aliphatic carboxylic acids is 1. The van der Waals surface area contributed by atoms with Gasteiger partial charge in [0.15, 0.2) is 0 Å². The van der Waals surface area contributed by atoms with Gasteiger partial charge in [-0.1, -0.05) is 0 Å². The van der Waals surface area contributed by atoms with E-state index in [1.165, 1.54) is 0 Å². The maximum Gasteiger partial charge on any atom is 0.317 e. The van der Waals surface area contributed by atoms with Crippen LogP contribution in [0.5, 0.6) is 0 Å². The molecule has 7 heteroatoms. The fraction of sp³-hybridized carbons (Fsp3) is 0.750. The fourth-order valence-corrected chi connectivity index (χ4v) is 1.99. The van der Waals surface area contributed by atoms with E-state index in [2.05, 4.69) is 5.32 Å². The smallest absolute Gasteiger partial charge is 0.317 e. The summed E-state index contributed by atoms with van der Waals surface area (Å²) in [5, 5.41) is 11.5. The number of primary amides is 1. The second-order valence-corrected chi connectivity index (χ2v) is 5.03. The second kappa shape index (κ2) is 6.40. The molecule has 0 aromatic rings. The van der Waals surface area contributed by atoms with E-state index in [0.717, 1.165) is 0 Å². The predicted molar refractivity (Wildman–Crippen MR) is 68.3 cm³/mol. The van der Waals surface area contributed by atoms with Crippen molar-refractivity contribution in [3.8, 4) is 0 Å². The van der Waals surface area contributed by atoms with Crippen LogP contribution >= 0.6 is 0 Å². The number of hydrogen-bond donors (Lipinski definition) is 3. The first kappa shape index (κ1) is 15.3. The lowest BCUT2D eigenvalue weighted by Crippen LogP contribution is -2.50. The van der Waals surface area contributed by atoms with Gasteiger partial charge in [-0.3, -0.25) is 9.59 Å². The van der Waals surface area contributed by atoms with E-state index in [1.54, 1.807) is 18.7 Å². The van der Waals surface area contributed by atoms with Gasteiger partial charge in [0.05, 0.1) is 5.92 Å². The summed E-state index contributed by atoms with van der Waals surface area (Å²) in [5.74, 6) is -2.08. The molecule has 2 atom stereocenters. The minimum Gasteiger partial charge on any atom is -0.481 e. The number of carbonyl (C=O) groups is 3. The number of carboxylic acids is 1. The Balaban J connectivity index is 2.43. The molecule has 1 aliphatic heterocycles. The number of piperidine rings is 1. The third-order valence-corrected chi connectivity index (χ3v) is 3.68. The van der Waals surface area contributed by atoms with Crippen molar-refractivity contribution >= 4 is 17.9 Å². The van der Waals surface area contributed by atoms with Crippen molar-refractivity contribution in [1.29, 1.82) is 0 Å². The quantitative estimate of drug-likeness (QED) is 0.668. The Morgan fingerprint density at radius 1 is 1.26 bits per heavy atom. The van der Waals surface area contributed by atoms with Crippen LogP contribution in [0.15, 0.2) is 0 Å². The monoisotopic (exact) mass is 271 g/mol. The molecule has 0 radical (unpaired) electrons. The molecule has 1 aliphatic rings. The first-order valence-corrected chi connectivity index (χ1v) is 6.40. The van der Waals surface area contributed by atoms with Crippen LogP contribution in [-0.4, -0.2) is 47.0 Å². The molecule has 19 heavy (non-hydrogen) atoms. The molecule has 0 spiro atoms. The maximum absolute atomic E-state index is 11.9. The molecule has 4 N–H and O–H groups in total. The molecule has 0 saturated carbocycles. The van der Waals surface area contributed by atoms with Gasteiger partial charge in [0, 0.05) is 25.0 Å². The van der Waals surface area contributed by atoms with Crippen molar-refractivity contribution in [3.05, 3.63) is 0 Å². The van der Waals surface area contributed by atoms with Crippen molar-refractivity contribution in [3.63, 3.8) is 0 Å². The van der Waals surface area contributed by atoms with E-state index in [4.69, 9.17) is 10.8 Å². The Bertz CT molecular complexity index is 364. The molecule has 7 nitrogen and oxygen atoms in total. The Labute approximate surface area is 112 Å². The molecule has 0 bridgehead atoms. The molecule has 0 aliphatic carbocycles. The van der Waals surface area contributed by atoms with Crippen molar-refractivity contribution in [2.24, 2.45) is 17.6 Å². The molecule has 3 amide bonds. The highest BCUT2D eigenvalue weighted by atomic mass is 16.4. The summed E-state index contributed by atoms with van der Waals surface area (Å²) in [6.07, 6.45) is 1.12. The lowest BCUT2D eigenvalue weighted by Gasteiger charge is -2.32. The van der Waals surface area contributed by atoms with Crippen molar-refractivity contribution in [2.45, 2.75) is 32.7 Å². The lowest BCUT2D eigenvalue weighted by molar-refractivity contribution is -0.141. The SMILES string of the molecule is CC(NC(=O)N1CCC(C(N)=O)CC1)C(C)C(=O)O. The highest BCUT2D eigenvalue weighted by Crippen LogP contribution is 2.16. The van der Waals surface area contributed by atoms with Gasteiger partial charge in [0.1, 0.15) is 0 Å². The molecule has 2 unspecified atom stereocenters. The van der Waals surface area contributed by atoms with Gasteiger partial charge in [-0.15, -0.1) is 0 Å². The van der Waals surface area contributed by atoms with Crippen LogP contribution in [0.2, 0.25) is 0 Å². The van der Waals surface area contributed by atoms with Gasteiger partial charge in [0.25, 0.3) is 0 Å². The highest BCUT2D eigenvalue weighted by molar-refractivity contribution is 5.78. The third kappa shape index (κ3) is 4.11. The average molecular weight is 271 g/mol. The van der Waals surface area contributed by atoms with Crippen molar-refractivity contribution in [2.75, 3.05) is 13.1 Å². The molecule has 0 aromatic heterocycles. The van der Waals surface area contributed by atoms with E-state index in [9.17, 15) is 14.4 Å². The van der Waals surface area contributed by atoms with E-state index >= 15 is 0 Å². The first-order valence-electron chi connectivity index (χ1n) is 6.40. The van der Waals surface area contributed by atoms with Gasteiger partial charge in [-0.05, 0) is 26.7 Å². The number of carbonyl (C=O) groups excluding carboxylic acids is 2. The molecule has 108 valence electrons. The first-order chi connectivity index (χ1) is 8.82. The number of amides is 3. The topological polar surface area (TPSA) is 113 Å². The van der Waals surface area contributed by atoms with Crippen LogP contribution in [0.3, 0.4) is 0 Å². The zero-order valence-corrected chi connectivity index (χ0v) is 11.3. The van der Waals surface area contributed by atoms with Crippen LogP contribution in [0.25, 0.3) is 0 Å². The minimum atomic E-state index is -0.944. The highest BCUT2D eigenvalue weighted by Gasteiger charge is 2.28. The summed E-state index contributed by atoms with van der Waals surface area (Å²) < 4.78 is 0. The normalized spacial score (nSPS) is 19.6. The van der Waals surface area contributed by atoms with Crippen LogP contribution in [0.1, 0.15) is 26.7 Å². The number of likely N-dealkylation sites (tertiary alicyclic amines) is 1. The number of carboxylic acid groups (broad SMARTS) is 1. The summed E-state index contributed by atoms with van der Waals surface area (Å²) in [4.78, 5) is 35.3. The molecule has 1 rings (SSSR count). The summed E-state index contributed by atoms with van der Waals surface area (Å²) in [5.41, 5.74) is 5.22. The van der Waals surface area contributed by atoms with E-state index in [0.29, 0.717) is 25.9 Å². The van der Waals surface area contributed by atoms with Gasteiger partial charge in [-0.2, -0.15) is 0 Å². The number of urea groups is 1. The largest absolute Gasteiger partial charge is 0.481 e. The van der Waals surface area contributed by atoms with Crippen LogP contribution in [0, 0.1) is 11.8 Å². The number of nitrogens with one attached hydrogen (secondary N) is 1. The molecule has 1 saturated heterocycles. The number of nitrogens with two attached hydrogens (primary N) is 1. The van der Waals surface area contributed by atoms with Gasteiger partial charge >= 0.3 is 12.0 Å². The fourth-order valence-electron chi connectivity index (χ4n) is 1.99. The Kier molecular flexibility index (Phi) is 5.14. The average Bonchev–Trinajstić information content (AvgIpc) is 2.37. The maximum atomic E-state index is 11.9. The number of hydrogen-bond acceptors (Lipinski definition) is 3. The molecule has 1 fully saturated rings. The van der Waals surface area contributed by atoms with Gasteiger partial charge in [-0.25, -0.2) is 4.79 Å². The Morgan fingerprint density at radius 3 is 2.21 bits per heavy atom. The van der Waals surface area contributed by atoms with Crippen LogP contribution in [-0.2, 0) is 9.59 Å². The van der Waals surface area contributed by atoms with Crippen molar-refractivity contribution in [1.82, 2.24) is 10.2 Å². The number of nitrogens with zero attached hydrogens (tertiary/aromatic N) is 1. The van der Waals surface area contributed by atoms with Crippen LogP contribution in [0.4, 0.5) is 4.79 Å². The summed E-state index contributed by atoms with van der Waals surface area (Å²) in [7, 11) is 0. The van der Waals surface area contributed by atoms with Crippen LogP contribution < -0.4 is 11.1 Å². The zero-order chi connectivity index (χ0) is 14.6. The number of rotatable bonds is 4. The lowest BCUT2D eigenvalue weighted by atomic mass is 9.96. The molecule has 0 aromatic carbocycles. The second-order valence-electron chi connectivity index (χ2n) is 5.03. The molecular weight excluding hydrogens is 250 g/mol. The summed E-state index contributed by atoms with van der Waals surface area (Å²) >= 11 is 0. The van der Waals surface area contributed by atoms with E-state index < -0.39 is 17.9 Å². The Hall–Kier alpha value is -1.79. The Morgan fingerprint density at radius 2 is 1.79 bits per heavy atom. The van der Waals surface area contributed by atoms with Crippen molar-refractivity contribution < 1.29 is 19.5 Å². The summed E-state index contributed by atoms with van der Waals surface area (Å²) in [6.45, 7) is 4.14. The standard InChI is InChI=1S/C12H21N3O4/c1-7(11(17)18)8(2)14-12(19)15-5-3-9(4-6-15)10(13)16/h7-9H,3-6H2,1-2H3,(H2,13,16)(H,14,19)(H,17,18).